The molecule has 0 aromatic rings. The molecular weight excluding hydrogens is 724 g/mol. The second-order valence-electron chi connectivity index (χ2n) is 7.20. The number of carbonyl (C=O) groups excluding carboxylic acids is 3. The number of carboxylic acids is 7. The van der Waals surface area contributed by atoms with Gasteiger partial charge in [-0.25, -0.2) is 0 Å². The lowest BCUT2D eigenvalue weighted by Crippen LogP contribution is -2.36. The largest absolute Gasteiger partial charge is 0.480 e. The molecule has 0 aliphatic heterocycles. The van der Waals surface area contributed by atoms with Gasteiger partial charge in [0.25, 0.3) is 0 Å². The molecule has 30 heteroatoms. The minimum Gasteiger partial charge on any atom is -0.480 e. The topological polar surface area (TPSA) is 611 Å². The molecule has 30 nitrogen and oxygen atoms in total. The number of hydrogen-bond acceptors (Lipinski definition) is 23. The number of aliphatic carboxylic acids is 7. The van der Waals surface area contributed by atoms with Crippen LogP contribution in [0.4, 0.5) is 0 Å². The van der Waals surface area contributed by atoms with Crippen LogP contribution in [0.15, 0.2) is 0 Å². The quantitative estimate of drug-likeness (QED) is 0.0610. The molecule has 0 aromatic carbocycles. The SMILES string of the molecule is NCC(=O)O.NCC(=O)O.NCC(=O)O.NCC(=O)O.NCC(=O)O.NCC(=O)OC(=O)CN.NCC(=O)OC[C@H](N)C(=O)O.N[C@@H](CO)C(=O)O. The van der Waals surface area contributed by atoms with E-state index >= 15 is 0 Å². The monoisotopic (exact) mass is 774 g/mol. The predicted molar refractivity (Wildman–Crippen MR) is 171 cm³/mol. The minimum atomic E-state index is -1.21. The van der Waals surface area contributed by atoms with E-state index in [9.17, 15) is 47.9 Å². The van der Waals surface area contributed by atoms with E-state index in [0.717, 1.165) is 0 Å². The molecule has 2 atom stereocenters. The maximum Gasteiger partial charge on any atom is 0.327 e. The predicted octanol–water partition coefficient (Wildman–Crippen LogP) is -10.6. The Bertz CT molecular complexity index is 924. The lowest BCUT2D eigenvalue weighted by Gasteiger charge is -2.05. The summed E-state index contributed by atoms with van der Waals surface area (Å²) in [5.41, 5.74) is 47.1. The molecule has 0 heterocycles. The van der Waals surface area contributed by atoms with Crippen molar-refractivity contribution in [1.82, 2.24) is 0 Å². The first kappa shape index (κ1) is 64.9. The van der Waals surface area contributed by atoms with Crippen molar-refractivity contribution < 1.29 is 98.3 Å². The van der Waals surface area contributed by atoms with Crippen LogP contribution in [-0.4, -0.2) is 178 Å². The van der Waals surface area contributed by atoms with Gasteiger partial charge in [-0.1, -0.05) is 0 Å². The Balaban J connectivity index is -0.0000000725. The van der Waals surface area contributed by atoms with Crippen molar-refractivity contribution >= 4 is 59.7 Å². The molecule has 0 fully saturated rings. The van der Waals surface area contributed by atoms with Gasteiger partial charge in [-0.2, -0.15) is 0 Å². The molecule has 0 amide bonds. The molecular formula is C22H50N10O20. The average Bonchev–Trinajstić information content (AvgIpc) is 3.11. The first-order valence-corrected chi connectivity index (χ1v) is 13.0. The van der Waals surface area contributed by atoms with Crippen LogP contribution in [-0.2, 0) is 57.4 Å². The van der Waals surface area contributed by atoms with Crippen molar-refractivity contribution in [2.45, 2.75) is 12.1 Å². The second kappa shape index (κ2) is 49.8. The summed E-state index contributed by atoms with van der Waals surface area (Å²) >= 11 is 0. The van der Waals surface area contributed by atoms with Crippen LogP contribution in [0.25, 0.3) is 0 Å². The van der Waals surface area contributed by atoms with Crippen LogP contribution in [0.5, 0.6) is 0 Å². The number of nitrogens with two attached hydrogens (primary N) is 10. The lowest BCUT2D eigenvalue weighted by molar-refractivity contribution is -0.158. The zero-order chi connectivity index (χ0) is 43.4. The summed E-state index contributed by atoms with van der Waals surface area (Å²) in [4.78, 5) is 96.6. The van der Waals surface area contributed by atoms with Crippen molar-refractivity contribution in [3.05, 3.63) is 0 Å². The second-order valence-corrected chi connectivity index (χ2v) is 7.20. The summed E-state index contributed by atoms with van der Waals surface area (Å²) in [5, 5.41) is 62.1. The van der Waals surface area contributed by atoms with E-state index in [2.05, 4.69) is 38.1 Å². The molecule has 0 aromatic heterocycles. The van der Waals surface area contributed by atoms with Crippen LogP contribution in [0, 0.1) is 0 Å². The van der Waals surface area contributed by atoms with Gasteiger partial charge in [-0.15, -0.1) is 0 Å². The van der Waals surface area contributed by atoms with E-state index in [1.165, 1.54) is 0 Å². The van der Waals surface area contributed by atoms with E-state index in [-0.39, 0.29) is 59.0 Å². The first-order chi connectivity index (χ1) is 23.8. The van der Waals surface area contributed by atoms with Crippen molar-refractivity contribution in [2.75, 3.05) is 65.6 Å². The number of aliphatic hydroxyl groups is 1. The van der Waals surface area contributed by atoms with Crippen LogP contribution < -0.4 is 57.3 Å². The summed E-state index contributed by atoms with van der Waals surface area (Å²) in [6.07, 6.45) is 0. The molecule has 0 saturated carbocycles. The Morgan fingerprint density at radius 1 is 0.404 bits per heavy atom. The molecule has 308 valence electrons. The van der Waals surface area contributed by atoms with E-state index in [4.69, 9.17) is 69.5 Å². The van der Waals surface area contributed by atoms with E-state index in [1.54, 1.807) is 0 Å². The molecule has 0 bridgehead atoms. The summed E-state index contributed by atoms with van der Waals surface area (Å²) < 4.78 is 8.37. The summed E-state index contributed by atoms with van der Waals surface area (Å²) in [6, 6.07) is -2.30. The smallest absolute Gasteiger partial charge is 0.327 e. The molecule has 0 aliphatic carbocycles. The van der Waals surface area contributed by atoms with Crippen molar-refractivity contribution in [2.24, 2.45) is 57.3 Å². The van der Waals surface area contributed by atoms with Gasteiger partial charge in [0.1, 0.15) is 18.7 Å². The Kier molecular flexibility index (Phi) is 62.2. The maximum absolute atomic E-state index is 10.3. The fourth-order valence-corrected chi connectivity index (χ4v) is 0.601. The molecule has 0 unspecified atom stereocenters. The highest BCUT2D eigenvalue weighted by Crippen LogP contribution is 1.82. The fraction of sp³-hybridized carbons (Fsp3) is 0.545. The maximum atomic E-state index is 10.3. The number of carbonyl (C=O) groups is 10. The standard InChI is InChI=1S/C5H10N2O4.C4H8N2O3.C3H7NO3.5C2H5NO2/c6-1-4(8)11-2-3(7)5(9)10;5-1-3(7)9-4(8)2-6;4-2(1-5)3(6)7;5*3-1-2(4)5/h3H,1-2,6-7H2,(H,9,10);1-2,5-6H2;2,5H,1,4H2,(H,6,7);5*1,3H2,(H,4,5)/t3-;;2-;;;;;/m0.0...../s1. The normalized spacial score (nSPS) is 9.44. The van der Waals surface area contributed by atoms with Gasteiger partial charge < -0.3 is 108 Å². The number of aliphatic hydroxyl groups excluding tert-OH is 1. The Morgan fingerprint density at radius 2 is 0.615 bits per heavy atom. The van der Waals surface area contributed by atoms with Crippen LogP contribution in [0.3, 0.4) is 0 Å². The van der Waals surface area contributed by atoms with Gasteiger partial charge in [0.05, 0.1) is 59.0 Å². The van der Waals surface area contributed by atoms with Gasteiger partial charge in [0.15, 0.2) is 0 Å². The zero-order valence-corrected chi connectivity index (χ0v) is 27.5. The van der Waals surface area contributed by atoms with E-state index in [1.807, 2.05) is 0 Å². The Morgan fingerprint density at radius 3 is 0.731 bits per heavy atom. The number of ether oxygens (including phenoxy) is 2. The third kappa shape index (κ3) is 96.8. The minimum absolute atomic E-state index is 0.271. The molecule has 52 heavy (non-hydrogen) atoms. The third-order valence-electron chi connectivity index (χ3n) is 2.86. The highest BCUT2D eigenvalue weighted by molar-refractivity contribution is 5.87. The fourth-order valence-electron chi connectivity index (χ4n) is 0.601. The number of carboxylic acid groups (broad SMARTS) is 7. The lowest BCUT2D eigenvalue weighted by atomic mass is 10.3. The number of esters is 3. The molecule has 0 spiro atoms. The summed E-state index contributed by atoms with van der Waals surface area (Å²) in [7, 11) is 0. The van der Waals surface area contributed by atoms with Crippen molar-refractivity contribution in [3.8, 4) is 0 Å². The van der Waals surface area contributed by atoms with Crippen LogP contribution in [0.2, 0.25) is 0 Å². The number of rotatable bonds is 13. The third-order valence-corrected chi connectivity index (χ3v) is 2.86. The van der Waals surface area contributed by atoms with Gasteiger partial charge in [-0.05, 0) is 0 Å². The van der Waals surface area contributed by atoms with E-state index < -0.39 is 78.4 Å². The van der Waals surface area contributed by atoms with E-state index in [0.29, 0.717) is 0 Å². The Labute approximate surface area is 293 Å². The number of hydrogen-bond donors (Lipinski definition) is 18. The molecule has 0 saturated heterocycles. The summed E-state index contributed by atoms with van der Waals surface area (Å²) in [5.74, 6) is -9.41. The highest BCUT2D eigenvalue weighted by Gasteiger charge is 2.13. The molecule has 0 radical (unpaired) electrons. The van der Waals surface area contributed by atoms with Crippen LogP contribution >= 0.6 is 0 Å². The van der Waals surface area contributed by atoms with Crippen molar-refractivity contribution in [1.29, 1.82) is 0 Å². The van der Waals surface area contributed by atoms with Crippen LogP contribution in [0.1, 0.15) is 0 Å². The van der Waals surface area contributed by atoms with Gasteiger partial charge >= 0.3 is 59.7 Å². The highest BCUT2D eigenvalue weighted by atomic mass is 16.6. The van der Waals surface area contributed by atoms with Gasteiger partial charge in [0.2, 0.25) is 0 Å². The Hall–Kier alpha value is -5.54. The molecule has 0 aliphatic rings. The molecule has 0 rings (SSSR count). The molecule has 28 N–H and O–H groups in total. The first-order valence-electron chi connectivity index (χ1n) is 13.0. The zero-order valence-electron chi connectivity index (χ0n) is 27.5. The average molecular weight is 775 g/mol. The summed E-state index contributed by atoms with van der Waals surface area (Å²) in [6.45, 7) is -3.11. The van der Waals surface area contributed by atoms with Gasteiger partial charge in [-0.3, -0.25) is 47.9 Å². The van der Waals surface area contributed by atoms with Gasteiger partial charge in [0, 0.05) is 0 Å². The van der Waals surface area contributed by atoms with Crippen molar-refractivity contribution in [3.63, 3.8) is 0 Å².